The fraction of sp³-hybridized carbons (Fsp3) is 0.462. The predicted molar refractivity (Wildman–Crippen MR) is 61.8 cm³/mol. The van der Waals surface area contributed by atoms with Crippen molar-refractivity contribution in [1.82, 2.24) is 0 Å². The summed E-state index contributed by atoms with van der Waals surface area (Å²) in [4.78, 5) is 1.75. The van der Waals surface area contributed by atoms with Crippen molar-refractivity contribution < 1.29 is 8.78 Å². The number of rotatable bonds is 1. The molecule has 1 saturated heterocycles. The second kappa shape index (κ2) is 5.13. The van der Waals surface area contributed by atoms with Crippen LogP contribution in [0.4, 0.5) is 14.5 Å². The van der Waals surface area contributed by atoms with Crippen molar-refractivity contribution in [2.45, 2.75) is 25.7 Å². The summed E-state index contributed by atoms with van der Waals surface area (Å²) in [5.41, 5.74) is 0.0458. The first-order valence-corrected chi connectivity index (χ1v) is 5.86. The smallest absolute Gasteiger partial charge is 0.150 e. The number of hydrogen-bond acceptors (Lipinski definition) is 2. The second-order valence-corrected chi connectivity index (χ2v) is 4.30. The Bertz CT molecular complexity index is 420. The SMILES string of the molecule is N#Cc1cc(F)c(N2CCCCCC2)c(F)c1. The molecule has 0 amide bonds. The third kappa shape index (κ3) is 2.55. The molecular weight excluding hydrogens is 222 g/mol. The predicted octanol–water partition coefficient (Wildman–Crippen LogP) is 3.22. The molecule has 0 aliphatic carbocycles. The van der Waals surface area contributed by atoms with Gasteiger partial charge in [-0.2, -0.15) is 5.26 Å². The molecule has 0 radical (unpaired) electrons. The fourth-order valence-corrected chi connectivity index (χ4v) is 2.23. The van der Waals surface area contributed by atoms with Crippen molar-refractivity contribution in [2.75, 3.05) is 18.0 Å². The maximum absolute atomic E-state index is 13.8. The van der Waals surface area contributed by atoms with E-state index in [4.69, 9.17) is 5.26 Å². The third-order valence-electron chi connectivity index (χ3n) is 3.07. The van der Waals surface area contributed by atoms with E-state index >= 15 is 0 Å². The average molecular weight is 236 g/mol. The Labute approximate surface area is 99.5 Å². The van der Waals surface area contributed by atoms with Gasteiger partial charge in [-0.15, -0.1) is 0 Å². The van der Waals surface area contributed by atoms with Crippen molar-refractivity contribution in [3.05, 3.63) is 29.3 Å². The molecule has 0 N–H and O–H groups in total. The van der Waals surface area contributed by atoms with Gasteiger partial charge >= 0.3 is 0 Å². The molecule has 0 unspecified atom stereocenters. The average Bonchev–Trinajstić information content (AvgIpc) is 2.57. The summed E-state index contributed by atoms with van der Waals surface area (Å²) >= 11 is 0. The lowest BCUT2D eigenvalue weighted by Crippen LogP contribution is -2.26. The molecule has 0 aromatic heterocycles. The first-order valence-electron chi connectivity index (χ1n) is 5.86. The van der Waals surface area contributed by atoms with Crippen LogP contribution in [-0.2, 0) is 0 Å². The van der Waals surface area contributed by atoms with Crippen molar-refractivity contribution >= 4 is 5.69 Å². The molecular formula is C13H14F2N2. The Morgan fingerprint density at radius 3 is 2.00 bits per heavy atom. The Hall–Kier alpha value is -1.63. The molecule has 1 heterocycles. The van der Waals surface area contributed by atoms with Gasteiger partial charge in [0.2, 0.25) is 0 Å². The molecule has 2 nitrogen and oxygen atoms in total. The van der Waals surface area contributed by atoms with E-state index in [0.717, 1.165) is 37.8 Å². The number of benzene rings is 1. The van der Waals surface area contributed by atoms with Crippen molar-refractivity contribution in [3.63, 3.8) is 0 Å². The Morgan fingerprint density at radius 1 is 1.00 bits per heavy atom. The summed E-state index contributed by atoms with van der Waals surface area (Å²) in [5, 5.41) is 8.64. The first kappa shape index (κ1) is 11.8. The highest BCUT2D eigenvalue weighted by Crippen LogP contribution is 2.27. The molecule has 1 aliphatic rings. The monoisotopic (exact) mass is 236 g/mol. The standard InChI is InChI=1S/C13H14F2N2/c14-11-7-10(9-16)8-12(15)13(11)17-5-3-1-2-4-6-17/h7-8H,1-6H2. The lowest BCUT2D eigenvalue weighted by atomic mass is 10.2. The molecule has 0 saturated carbocycles. The number of halogens is 2. The van der Waals surface area contributed by atoms with Gasteiger partial charge in [-0.05, 0) is 25.0 Å². The zero-order valence-electron chi connectivity index (χ0n) is 9.55. The molecule has 1 aromatic carbocycles. The van der Waals surface area contributed by atoms with Crippen LogP contribution in [0.3, 0.4) is 0 Å². The fourth-order valence-electron chi connectivity index (χ4n) is 2.23. The van der Waals surface area contributed by atoms with E-state index in [9.17, 15) is 8.78 Å². The Morgan fingerprint density at radius 2 is 1.53 bits per heavy atom. The zero-order chi connectivity index (χ0) is 12.3. The van der Waals surface area contributed by atoms with Gasteiger partial charge in [0.05, 0.1) is 11.6 Å². The maximum atomic E-state index is 13.8. The minimum atomic E-state index is -0.636. The molecule has 4 heteroatoms. The van der Waals surface area contributed by atoms with Crippen LogP contribution in [0.2, 0.25) is 0 Å². The van der Waals surface area contributed by atoms with Crippen molar-refractivity contribution in [3.8, 4) is 6.07 Å². The van der Waals surface area contributed by atoms with Gasteiger partial charge in [0.15, 0.2) is 11.6 Å². The van der Waals surface area contributed by atoms with E-state index in [0.29, 0.717) is 13.1 Å². The van der Waals surface area contributed by atoms with Crippen LogP contribution in [0.5, 0.6) is 0 Å². The Balaban J connectivity index is 2.34. The van der Waals surface area contributed by atoms with Gasteiger partial charge in [0.1, 0.15) is 5.69 Å². The summed E-state index contributed by atoms with van der Waals surface area (Å²) in [6.07, 6.45) is 4.13. The van der Waals surface area contributed by atoms with Crippen LogP contribution in [-0.4, -0.2) is 13.1 Å². The van der Waals surface area contributed by atoms with E-state index in [1.807, 2.05) is 0 Å². The van der Waals surface area contributed by atoms with Gasteiger partial charge in [-0.25, -0.2) is 8.78 Å². The van der Waals surface area contributed by atoms with Crippen LogP contribution in [0, 0.1) is 23.0 Å². The van der Waals surface area contributed by atoms with E-state index in [1.54, 1.807) is 11.0 Å². The van der Waals surface area contributed by atoms with Crippen molar-refractivity contribution in [1.29, 1.82) is 5.26 Å². The van der Waals surface area contributed by atoms with E-state index in [-0.39, 0.29) is 11.3 Å². The molecule has 0 atom stereocenters. The maximum Gasteiger partial charge on any atom is 0.150 e. The van der Waals surface area contributed by atoms with Crippen LogP contribution >= 0.6 is 0 Å². The lowest BCUT2D eigenvalue weighted by molar-refractivity contribution is 0.570. The van der Waals surface area contributed by atoms with Crippen LogP contribution in [0.25, 0.3) is 0 Å². The third-order valence-corrected chi connectivity index (χ3v) is 3.07. The molecule has 17 heavy (non-hydrogen) atoms. The molecule has 1 aliphatic heterocycles. The second-order valence-electron chi connectivity index (χ2n) is 4.30. The van der Waals surface area contributed by atoms with Crippen LogP contribution in [0.15, 0.2) is 12.1 Å². The number of nitriles is 1. The molecule has 90 valence electrons. The molecule has 0 bridgehead atoms. The Kier molecular flexibility index (Phi) is 3.58. The number of anilines is 1. The normalized spacial score (nSPS) is 16.4. The van der Waals surface area contributed by atoms with E-state index in [1.165, 1.54) is 0 Å². The summed E-state index contributed by atoms with van der Waals surface area (Å²) in [7, 11) is 0. The van der Waals surface area contributed by atoms with Crippen LogP contribution < -0.4 is 4.90 Å². The first-order chi connectivity index (χ1) is 8.22. The minimum absolute atomic E-state index is 0.0194. The van der Waals surface area contributed by atoms with Gasteiger partial charge in [0.25, 0.3) is 0 Å². The largest absolute Gasteiger partial charge is 0.367 e. The minimum Gasteiger partial charge on any atom is -0.367 e. The molecule has 2 rings (SSSR count). The van der Waals surface area contributed by atoms with E-state index in [2.05, 4.69) is 0 Å². The van der Waals surface area contributed by atoms with Crippen LogP contribution in [0.1, 0.15) is 31.2 Å². The van der Waals surface area contributed by atoms with Gasteiger partial charge in [0, 0.05) is 13.1 Å². The molecule has 1 fully saturated rings. The topological polar surface area (TPSA) is 27.0 Å². The summed E-state index contributed by atoms with van der Waals surface area (Å²) < 4.78 is 27.6. The number of hydrogen-bond donors (Lipinski definition) is 0. The quantitative estimate of drug-likeness (QED) is 0.748. The van der Waals surface area contributed by atoms with Gasteiger partial charge in [-0.1, -0.05) is 12.8 Å². The summed E-state index contributed by atoms with van der Waals surface area (Å²) in [5.74, 6) is -1.27. The highest BCUT2D eigenvalue weighted by atomic mass is 19.1. The number of nitrogens with zero attached hydrogens (tertiary/aromatic N) is 2. The lowest BCUT2D eigenvalue weighted by Gasteiger charge is -2.23. The van der Waals surface area contributed by atoms with Gasteiger partial charge < -0.3 is 4.90 Å². The van der Waals surface area contributed by atoms with Crippen molar-refractivity contribution in [2.24, 2.45) is 0 Å². The highest BCUT2D eigenvalue weighted by Gasteiger charge is 2.19. The summed E-state index contributed by atoms with van der Waals surface area (Å²) in [6.45, 7) is 1.36. The van der Waals surface area contributed by atoms with E-state index < -0.39 is 11.6 Å². The highest BCUT2D eigenvalue weighted by molar-refractivity contribution is 5.52. The zero-order valence-corrected chi connectivity index (χ0v) is 9.55. The summed E-state index contributed by atoms with van der Waals surface area (Å²) in [6, 6.07) is 3.95. The van der Waals surface area contributed by atoms with Gasteiger partial charge in [-0.3, -0.25) is 0 Å². The molecule has 0 spiro atoms. The molecule has 1 aromatic rings.